The van der Waals surface area contributed by atoms with Crippen LogP contribution in [0.1, 0.15) is 44.2 Å². The number of phenolic OH excluding ortho intramolecular Hbond substituents is 1. The molecule has 0 aromatic heterocycles. The topological polar surface area (TPSA) is 20.2 Å². The van der Waals surface area contributed by atoms with Crippen LogP contribution in [0.15, 0.2) is 36.4 Å². The van der Waals surface area contributed by atoms with Crippen LogP contribution in [0.3, 0.4) is 0 Å². The molecule has 2 heteroatoms. The molecule has 0 aliphatic carbocycles. The fourth-order valence-electron chi connectivity index (χ4n) is 2.06. The van der Waals surface area contributed by atoms with Gasteiger partial charge in [-0.2, -0.15) is 0 Å². The van der Waals surface area contributed by atoms with Gasteiger partial charge in [-0.25, -0.2) is 0 Å². The number of hydrogen-bond acceptors (Lipinski definition) is 1. The number of hydrogen-bond donors (Lipinski definition) is 1. The van der Waals surface area contributed by atoms with Crippen LogP contribution in [-0.2, 0) is 6.42 Å². The van der Waals surface area contributed by atoms with Gasteiger partial charge in [0.05, 0.1) is 0 Å². The highest BCUT2D eigenvalue weighted by Crippen LogP contribution is 2.26. The minimum absolute atomic E-state index is 0.320. The van der Waals surface area contributed by atoms with Gasteiger partial charge in [0.15, 0.2) is 0 Å². The number of aromatic hydroxyl groups is 1. The lowest BCUT2D eigenvalue weighted by molar-refractivity contribution is 0.474. The minimum atomic E-state index is 0.320. The van der Waals surface area contributed by atoms with Crippen molar-refractivity contribution in [1.29, 1.82) is 0 Å². The molecule has 0 aliphatic heterocycles. The second-order valence-corrected chi connectivity index (χ2v) is 5.44. The molecule has 0 spiro atoms. The van der Waals surface area contributed by atoms with Crippen molar-refractivity contribution in [2.75, 3.05) is 5.88 Å². The average molecular weight is 279 g/mol. The Morgan fingerprint density at radius 3 is 2.74 bits per heavy atom. The van der Waals surface area contributed by atoms with Crippen LogP contribution in [0.5, 0.6) is 5.75 Å². The minimum Gasteiger partial charge on any atom is -0.508 e. The molecule has 0 heterocycles. The summed E-state index contributed by atoms with van der Waals surface area (Å²) in [5, 5.41) is 9.64. The maximum atomic E-state index is 9.64. The van der Waals surface area contributed by atoms with Gasteiger partial charge in [0.1, 0.15) is 5.75 Å². The van der Waals surface area contributed by atoms with Crippen molar-refractivity contribution in [3.8, 4) is 5.75 Å². The first kappa shape index (κ1) is 15.8. The van der Waals surface area contributed by atoms with E-state index in [2.05, 4.69) is 26.5 Å². The first-order valence-corrected chi connectivity index (χ1v) is 7.27. The zero-order valence-corrected chi connectivity index (χ0v) is 12.6. The Labute approximate surface area is 121 Å². The molecule has 0 atom stereocenters. The Bertz CT molecular complexity index is 456. The summed E-state index contributed by atoms with van der Waals surface area (Å²) in [6, 6.07) is 5.54. The second kappa shape index (κ2) is 8.06. The maximum Gasteiger partial charge on any atom is 0.115 e. The van der Waals surface area contributed by atoms with Gasteiger partial charge in [-0.05, 0) is 68.4 Å². The van der Waals surface area contributed by atoms with E-state index in [1.165, 1.54) is 5.57 Å². The Kier molecular flexibility index (Phi) is 6.72. The molecule has 19 heavy (non-hydrogen) atoms. The molecule has 0 unspecified atom stereocenters. The molecule has 0 amide bonds. The van der Waals surface area contributed by atoms with Gasteiger partial charge < -0.3 is 5.11 Å². The van der Waals surface area contributed by atoms with Gasteiger partial charge in [0, 0.05) is 5.88 Å². The number of benzene rings is 1. The molecule has 1 aromatic rings. The summed E-state index contributed by atoms with van der Waals surface area (Å²) in [4.78, 5) is 0. The molecule has 0 bridgehead atoms. The molecular weight excluding hydrogens is 256 g/mol. The zero-order valence-electron chi connectivity index (χ0n) is 11.9. The summed E-state index contributed by atoms with van der Waals surface area (Å²) in [6.45, 7) is 8.34. The highest BCUT2D eigenvalue weighted by Gasteiger charge is 2.07. The Morgan fingerprint density at radius 1 is 1.37 bits per heavy atom. The van der Waals surface area contributed by atoms with E-state index in [1.807, 2.05) is 12.1 Å². The van der Waals surface area contributed by atoms with Crippen molar-refractivity contribution in [2.24, 2.45) is 0 Å². The van der Waals surface area contributed by atoms with Gasteiger partial charge in [-0.3, -0.25) is 0 Å². The second-order valence-electron chi connectivity index (χ2n) is 5.06. The van der Waals surface area contributed by atoms with E-state index in [0.29, 0.717) is 11.6 Å². The van der Waals surface area contributed by atoms with Crippen molar-refractivity contribution in [1.82, 2.24) is 0 Å². The van der Waals surface area contributed by atoms with Gasteiger partial charge in [-0.15, -0.1) is 11.6 Å². The molecule has 104 valence electrons. The van der Waals surface area contributed by atoms with Crippen LogP contribution in [0.25, 0.3) is 5.57 Å². The monoisotopic (exact) mass is 278 g/mol. The molecular formula is C17H23ClO. The average Bonchev–Trinajstić information content (AvgIpc) is 2.35. The third-order valence-corrected chi connectivity index (χ3v) is 3.32. The smallest absolute Gasteiger partial charge is 0.115 e. The quantitative estimate of drug-likeness (QED) is 0.528. The number of alkyl halides is 1. The fourth-order valence-corrected chi connectivity index (χ4v) is 2.20. The van der Waals surface area contributed by atoms with Crippen molar-refractivity contribution in [2.45, 2.75) is 39.5 Å². The predicted molar refractivity (Wildman–Crippen MR) is 84.8 cm³/mol. The van der Waals surface area contributed by atoms with E-state index in [9.17, 15) is 5.11 Å². The van der Waals surface area contributed by atoms with Crippen molar-refractivity contribution in [3.05, 3.63) is 47.6 Å². The largest absolute Gasteiger partial charge is 0.508 e. The molecule has 0 fully saturated rings. The van der Waals surface area contributed by atoms with Gasteiger partial charge in [0.2, 0.25) is 0 Å². The third-order valence-electron chi connectivity index (χ3n) is 3.05. The summed E-state index contributed by atoms with van der Waals surface area (Å²) in [6.07, 6.45) is 5.98. The fraction of sp³-hybridized carbons (Fsp3) is 0.412. The Hall–Kier alpha value is -1.21. The van der Waals surface area contributed by atoms with Crippen LogP contribution < -0.4 is 0 Å². The number of rotatable bonds is 7. The first-order chi connectivity index (χ1) is 9.04. The maximum absolute atomic E-state index is 9.64. The highest BCUT2D eigenvalue weighted by molar-refractivity contribution is 6.17. The van der Waals surface area contributed by atoms with E-state index in [-0.39, 0.29) is 0 Å². The van der Waals surface area contributed by atoms with Crippen LogP contribution in [0.2, 0.25) is 0 Å². The van der Waals surface area contributed by atoms with Gasteiger partial charge in [-0.1, -0.05) is 24.3 Å². The number of allylic oxidation sites excluding steroid dienone is 3. The van der Waals surface area contributed by atoms with E-state index < -0.39 is 0 Å². The van der Waals surface area contributed by atoms with Crippen LogP contribution >= 0.6 is 11.6 Å². The third kappa shape index (κ3) is 5.52. The summed E-state index contributed by atoms with van der Waals surface area (Å²) in [5.74, 6) is 0.977. The van der Waals surface area contributed by atoms with Gasteiger partial charge >= 0.3 is 0 Å². The normalized spacial score (nSPS) is 10.3. The van der Waals surface area contributed by atoms with Crippen LogP contribution in [0.4, 0.5) is 0 Å². The zero-order chi connectivity index (χ0) is 14.3. The SMILES string of the molecule is C=C(CCCCl)c1ccc(O)cc1CCC=C(C)C. The lowest BCUT2D eigenvalue weighted by atomic mass is 9.94. The summed E-state index contributed by atoms with van der Waals surface area (Å²) in [5.41, 5.74) is 4.75. The lowest BCUT2D eigenvalue weighted by Gasteiger charge is -2.12. The highest BCUT2D eigenvalue weighted by atomic mass is 35.5. The molecule has 0 radical (unpaired) electrons. The number of halogens is 1. The first-order valence-electron chi connectivity index (χ1n) is 6.74. The number of aryl methyl sites for hydroxylation is 1. The van der Waals surface area contributed by atoms with E-state index in [4.69, 9.17) is 11.6 Å². The molecule has 1 rings (SSSR count). The predicted octanol–water partition coefficient (Wildman–Crippen LogP) is 5.32. The van der Waals surface area contributed by atoms with Crippen molar-refractivity contribution < 1.29 is 5.11 Å². The Morgan fingerprint density at radius 2 is 2.11 bits per heavy atom. The van der Waals surface area contributed by atoms with Crippen LogP contribution in [0, 0.1) is 0 Å². The van der Waals surface area contributed by atoms with Crippen molar-refractivity contribution >= 4 is 17.2 Å². The molecule has 0 saturated carbocycles. The molecule has 1 aromatic carbocycles. The van der Waals surface area contributed by atoms with E-state index in [1.54, 1.807) is 6.07 Å². The molecule has 0 saturated heterocycles. The van der Waals surface area contributed by atoms with Crippen molar-refractivity contribution in [3.63, 3.8) is 0 Å². The summed E-state index contributed by atoms with van der Waals surface area (Å²) >= 11 is 5.73. The summed E-state index contributed by atoms with van der Waals surface area (Å²) < 4.78 is 0. The Balaban J connectivity index is 2.85. The number of phenols is 1. The lowest BCUT2D eigenvalue weighted by Crippen LogP contribution is -1.94. The van der Waals surface area contributed by atoms with E-state index in [0.717, 1.165) is 42.4 Å². The van der Waals surface area contributed by atoms with Crippen LogP contribution in [-0.4, -0.2) is 11.0 Å². The summed E-state index contributed by atoms with van der Waals surface area (Å²) in [7, 11) is 0. The molecule has 1 N–H and O–H groups in total. The standard InChI is InChI=1S/C17H23ClO/c1-13(2)6-4-8-15-12-16(19)9-10-17(15)14(3)7-5-11-18/h6,9-10,12,19H,3-5,7-8,11H2,1-2H3. The van der Waals surface area contributed by atoms with Gasteiger partial charge in [0.25, 0.3) is 0 Å². The molecule has 1 nitrogen and oxygen atoms in total. The van der Waals surface area contributed by atoms with E-state index >= 15 is 0 Å². The molecule has 0 aliphatic rings.